The monoisotopic (exact) mass is 222 g/mol. The number of carbonyl (C=O) groups is 1. The fourth-order valence-corrected chi connectivity index (χ4v) is 1.13. The highest BCUT2D eigenvalue weighted by atomic mass is 19.4. The summed E-state index contributed by atoms with van der Waals surface area (Å²) in [5, 5.41) is 8.56. The molecule has 0 aliphatic carbocycles. The van der Waals surface area contributed by atoms with Crippen LogP contribution in [0.25, 0.3) is 0 Å². The van der Waals surface area contributed by atoms with Gasteiger partial charge in [0.05, 0.1) is 12.0 Å². The second kappa shape index (κ2) is 3.88. The Morgan fingerprint density at radius 2 is 1.93 bits per heavy atom. The van der Waals surface area contributed by atoms with Crippen molar-refractivity contribution in [2.75, 3.05) is 0 Å². The molecule has 0 amide bonds. The van der Waals surface area contributed by atoms with Crippen LogP contribution in [-0.2, 0) is 6.42 Å². The Bertz CT molecular complexity index is 384. The molecule has 0 aliphatic heterocycles. The van der Waals surface area contributed by atoms with Gasteiger partial charge in [-0.1, -0.05) is 0 Å². The van der Waals surface area contributed by atoms with E-state index in [9.17, 15) is 22.4 Å². The van der Waals surface area contributed by atoms with E-state index in [0.717, 1.165) is 12.1 Å². The third-order valence-electron chi connectivity index (χ3n) is 1.69. The summed E-state index contributed by atoms with van der Waals surface area (Å²) in [7, 11) is 0. The summed E-state index contributed by atoms with van der Waals surface area (Å²) in [4.78, 5) is 10.5. The van der Waals surface area contributed by atoms with Crippen LogP contribution in [0.3, 0.4) is 0 Å². The quantitative estimate of drug-likeness (QED) is 0.781. The van der Waals surface area contributed by atoms with Crippen LogP contribution in [0.15, 0.2) is 18.2 Å². The van der Waals surface area contributed by atoms with Crippen LogP contribution < -0.4 is 0 Å². The summed E-state index contributed by atoms with van der Waals surface area (Å²) in [5.41, 5.74) is -1.11. The molecule has 6 heteroatoms. The maximum Gasteiger partial charge on any atom is 0.393 e. The summed E-state index contributed by atoms with van der Waals surface area (Å²) in [5.74, 6) is -2.39. The highest BCUT2D eigenvalue weighted by Crippen LogP contribution is 2.24. The van der Waals surface area contributed by atoms with Crippen LogP contribution in [0.1, 0.15) is 15.9 Å². The lowest BCUT2D eigenvalue weighted by atomic mass is 10.0. The van der Waals surface area contributed by atoms with E-state index in [1.165, 1.54) is 0 Å². The molecule has 0 saturated heterocycles. The van der Waals surface area contributed by atoms with Crippen LogP contribution >= 0.6 is 0 Å². The Morgan fingerprint density at radius 1 is 1.33 bits per heavy atom. The minimum Gasteiger partial charge on any atom is -0.478 e. The van der Waals surface area contributed by atoms with E-state index in [-0.39, 0.29) is 0 Å². The maximum absolute atomic E-state index is 12.6. The van der Waals surface area contributed by atoms with Crippen molar-refractivity contribution < 1.29 is 27.5 Å². The number of aromatic carboxylic acids is 1. The van der Waals surface area contributed by atoms with Crippen LogP contribution in [0, 0.1) is 5.82 Å². The molecule has 15 heavy (non-hydrogen) atoms. The third kappa shape index (κ3) is 3.23. The van der Waals surface area contributed by atoms with Gasteiger partial charge in [0.25, 0.3) is 0 Å². The van der Waals surface area contributed by atoms with Crippen LogP contribution in [0.2, 0.25) is 0 Å². The third-order valence-corrected chi connectivity index (χ3v) is 1.69. The second-order valence-corrected chi connectivity index (χ2v) is 2.90. The lowest BCUT2D eigenvalue weighted by Gasteiger charge is -2.09. The number of hydrogen-bond donors (Lipinski definition) is 1. The largest absolute Gasteiger partial charge is 0.478 e. The van der Waals surface area contributed by atoms with Crippen molar-refractivity contribution in [2.45, 2.75) is 12.6 Å². The van der Waals surface area contributed by atoms with Gasteiger partial charge in [-0.05, 0) is 23.8 Å². The Hall–Kier alpha value is -1.59. The molecular formula is C9H6F4O2. The smallest absolute Gasteiger partial charge is 0.393 e. The van der Waals surface area contributed by atoms with Crippen LogP contribution in [0.4, 0.5) is 17.6 Å². The minimum absolute atomic E-state index is 0.534. The van der Waals surface area contributed by atoms with Gasteiger partial charge in [0.1, 0.15) is 5.82 Å². The van der Waals surface area contributed by atoms with Crippen molar-refractivity contribution in [3.05, 3.63) is 35.1 Å². The van der Waals surface area contributed by atoms with Crippen molar-refractivity contribution in [1.82, 2.24) is 0 Å². The van der Waals surface area contributed by atoms with Gasteiger partial charge in [-0.25, -0.2) is 9.18 Å². The molecule has 0 atom stereocenters. The first kappa shape index (κ1) is 11.5. The van der Waals surface area contributed by atoms with Crippen LogP contribution in [-0.4, -0.2) is 17.3 Å². The van der Waals surface area contributed by atoms with Gasteiger partial charge in [-0.15, -0.1) is 0 Å². The van der Waals surface area contributed by atoms with E-state index in [0.29, 0.717) is 6.07 Å². The highest BCUT2D eigenvalue weighted by Gasteiger charge is 2.30. The van der Waals surface area contributed by atoms with Gasteiger partial charge in [-0.3, -0.25) is 0 Å². The maximum atomic E-state index is 12.6. The molecule has 0 aliphatic rings. The molecule has 0 fully saturated rings. The summed E-state index contributed by atoms with van der Waals surface area (Å²) in [6.07, 6.45) is -6.01. The number of carboxylic acid groups (broad SMARTS) is 1. The normalized spacial score (nSPS) is 11.5. The zero-order chi connectivity index (χ0) is 11.6. The predicted octanol–water partition coefficient (Wildman–Crippen LogP) is 2.63. The lowest BCUT2D eigenvalue weighted by Crippen LogP contribution is -2.15. The van der Waals surface area contributed by atoms with Gasteiger partial charge < -0.3 is 5.11 Å². The Balaban J connectivity index is 3.13. The first-order chi connectivity index (χ1) is 6.79. The summed E-state index contributed by atoms with van der Waals surface area (Å²) in [6.45, 7) is 0. The molecule has 0 unspecified atom stereocenters. The molecule has 2 nitrogen and oxygen atoms in total. The Morgan fingerprint density at radius 3 is 2.40 bits per heavy atom. The van der Waals surface area contributed by atoms with Crippen molar-refractivity contribution >= 4 is 5.97 Å². The number of rotatable bonds is 2. The number of carboxylic acids is 1. The topological polar surface area (TPSA) is 37.3 Å². The van der Waals surface area contributed by atoms with Crippen molar-refractivity contribution in [3.63, 3.8) is 0 Å². The number of halogens is 4. The molecule has 0 bridgehead atoms. The van der Waals surface area contributed by atoms with E-state index in [2.05, 4.69) is 0 Å². The van der Waals surface area contributed by atoms with Gasteiger partial charge in [-0.2, -0.15) is 13.2 Å². The lowest BCUT2D eigenvalue weighted by molar-refractivity contribution is -0.127. The summed E-state index contributed by atoms with van der Waals surface area (Å²) >= 11 is 0. The molecule has 0 heterocycles. The molecule has 0 radical (unpaired) electrons. The van der Waals surface area contributed by atoms with E-state index >= 15 is 0 Å². The number of alkyl halides is 3. The molecule has 1 rings (SSSR count). The second-order valence-electron chi connectivity index (χ2n) is 2.90. The van der Waals surface area contributed by atoms with Gasteiger partial charge in [0.15, 0.2) is 0 Å². The van der Waals surface area contributed by atoms with Gasteiger partial charge in [0, 0.05) is 0 Å². The van der Waals surface area contributed by atoms with Crippen molar-refractivity contribution in [3.8, 4) is 0 Å². The molecular weight excluding hydrogens is 216 g/mol. The molecule has 0 spiro atoms. The molecule has 1 N–H and O–H groups in total. The first-order valence-electron chi connectivity index (χ1n) is 3.88. The zero-order valence-corrected chi connectivity index (χ0v) is 7.31. The zero-order valence-electron chi connectivity index (χ0n) is 7.31. The Labute approximate surface area is 82.1 Å². The summed E-state index contributed by atoms with van der Waals surface area (Å²) < 4.78 is 48.6. The fraction of sp³-hybridized carbons (Fsp3) is 0.222. The molecule has 82 valence electrons. The fourth-order valence-electron chi connectivity index (χ4n) is 1.13. The molecule has 1 aromatic carbocycles. The van der Waals surface area contributed by atoms with Crippen LogP contribution in [0.5, 0.6) is 0 Å². The van der Waals surface area contributed by atoms with E-state index in [1.807, 2.05) is 0 Å². The number of benzene rings is 1. The van der Waals surface area contributed by atoms with Crippen molar-refractivity contribution in [1.29, 1.82) is 0 Å². The minimum atomic E-state index is -4.56. The predicted molar refractivity (Wildman–Crippen MR) is 43.1 cm³/mol. The van der Waals surface area contributed by atoms with Gasteiger partial charge in [0.2, 0.25) is 0 Å². The highest BCUT2D eigenvalue weighted by molar-refractivity contribution is 5.89. The van der Waals surface area contributed by atoms with E-state index in [4.69, 9.17) is 5.11 Å². The Kier molecular flexibility index (Phi) is 2.97. The average Bonchev–Trinajstić information content (AvgIpc) is 1.99. The number of hydrogen-bond acceptors (Lipinski definition) is 1. The van der Waals surface area contributed by atoms with E-state index in [1.54, 1.807) is 0 Å². The van der Waals surface area contributed by atoms with Crippen molar-refractivity contribution in [2.24, 2.45) is 0 Å². The standard InChI is InChI=1S/C9H6F4O2/c10-6-1-2-7(8(14)15)5(3-6)4-9(11,12)13/h1-3H,4H2,(H,14,15). The summed E-state index contributed by atoms with van der Waals surface area (Å²) in [6, 6.07) is 2.21. The van der Waals surface area contributed by atoms with Gasteiger partial charge >= 0.3 is 12.1 Å². The molecule has 0 aromatic heterocycles. The molecule has 0 saturated carbocycles. The molecule has 1 aromatic rings. The SMILES string of the molecule is O=C(O)c1ccc(F)cc1CC(F)(F)F. The van der Waals surface area contributed by atoms with E-state index < -0.39 is 35.5 Å². The average molecular weight is 222 g/mol. The first-order valence-corrected chi connectivity index (χ1v) is 3.88.